The maximum atomic E-state index is 12.5. The van der Waals surface area contributed by atoms with Gasteiger partial charge in [-0.3, -0.25) is 14.9 Å². The van der Waals surface area contributed by atoms with Gasteiger partial charge < -0.3 is 19.5 Å². The van der Waals surface area contributed by atoms with Gasteiger partial charge >= 0.3 is 0 Å². The van der Waals surface area contributed by atoms with Crippen molar-refractivity contribution in [3.05, 3.63) is 45.7 Å². The number of nitro benzene ring substituents is 1. The van der Waals surface area contributed by atoms with Crippen molar-refractivity contribution in [2.75, 3.05) is 6.54 Å². The van der Waals surface area contributed by atoms with Crippen LogP contribution < -0.4 is 4.74 Å². The molecule has 3 rings (SSSR count). The van der Waals surface area contributed by atoms with E-state index in [9.17, 15) is 20.0 Å². The van der Waals surface area contributed by atoms with E-state index in [1.807, 2.05) is 13.8 Å². The molecule has 2 atom stereocenters. The van der Waals surface area contributed by atoms with Gasteiger partial charge in [-0.2, -0.15) is 0 Å². The first-order valence-corrected chi connectivity index (χ1v) is 8.43. The minimum atomic E-state index is -1.06. The van der Waals surface area contributed by atoms with Gasteiger partial charge in [0.2, 0.25) is 0 Å². The Morgan fingerprint density at radius 3 is 2.73 bits per heavy atom. The molecule has 0 aliphatic carbocycles. The van der Waals surface area contributed by atoms with E-state index in [4.69, 9.17) is 9.47 Å². The van der Waals surface area contributed by atoms with Crippen molar-refractivity contribution in [1.82, 2.24) is 4.90 Å². The molecule has 1 N–H and O–H groups in total. The van der Waals surface area contributed by atoms with Gasteiger partial charge in [-0.1, -0.05) is 0 Å². The number of aliphatic hydroxyl groups excluding tert-OH is 1. The lowest BCUT2D eigenvalue weighted by Gasteiger charge is -2.45. The highest BCUT2D eigenvalue weighted by atomic mass is 16.6. The van der Waals surface area contributed by atoms with E-state index in [1.54, 1.807) is 13.8 Å². The van der Waals surface area contributed by atoms with Crippen molar-refractivity contribution in [2.45, 2.75) is 51.5 Å². The summed E-state index contributed by atoms with van der Waals surface area (Å²) in [6.45, 7) is 7.35. The Kier molecular flexibility index (Phi) is 4.39. The number of ether oxygens (including phenoxy) is 2. The van der Waals surface area contributed by atoms with E-state index in [1.165, 1.54) is 29.2 Å². The zero-order valence-corrected chi connectivity index (χ0v) is 15.1. The number of benzene rings is 1. The molecule has 0 unspecified atom stereocenters. The fraction of sp³-hybridized carbons (Fsp3) is 0.500. The van der Waals surface area contributed by atoms with E-state index in [2.05, 4.69) is 0 Å². The third kappa shape index (κ3) is 3.12. The molecule has 0 saturated carbocycles. The summed E-state index contributed by atoms with van der Waals surface area (Å²) in [5.74, 6) is 0.621. The first kappa shape index (κ1) is 18.2. The first-order valence-electron chi connectivity index (χ1n) is 8.43. The number of nitro groups is 1. The number of hydrogen-bond donors (Lipinski definition) is 1. The van der Waals surface area contributed by atoms with Gasteiger partial charge in [0.1, 0.15) is 23.2 Å². The quantitative estimate of drug-likeness (QED) is 0.651. The lowest BCUT2D eigenvalue weighted by atomic mass is 9.85. The van der Waals surface area contributed by atoms with Crippen LogP contribution in [-0.4, -0.2) is 45.2 Å². The molecule has 0 aromatic heterocycles. The third-order valence-electron chi connectivity index (χ3n) is 4.52. The molecule has 2 aliphatic rings. The molecule has 1 amide bonds. The van der Waals surface area contributed by atoms with Crippen LogP contribution in [0.1, 0.15) is 39.3 Å². The smallest absolute Gasteiger partial charge is 0.270 e. The summed E-state index contributed by atoms with van der Waals surface area (Å²) in [5, 5.41) is 22.0. The second kappa shape index (κ2) is 6.28. The fourth-order valence-electron chi connectivity index (χ4n) is 3.33. The molecule has 26 heavy (non-hydrogen) atoms. The molecule has 0 spiro atoms. The largest absolute Gasteiger partial charge is 0.493 e. The van der Waals surface area contributed by atoms with Crippen LogP contribution in [0.5, 0.6) is 5.75 Å². The van der Waals surface area contributed by atoms with Crippen molar-refractivity contribution >= 4 is 11.6 Å². The summed E-state index contributed by atoms with van der Waals surface area (Å²) in [4.78, 5) is 24.6. The number of rotatable bonds is 4. The molecule has 2 aliphatic heterocycles. The van der Waals surface area contributed by atoms with E-state index in [0.29, 0.717) is 17.1 Å². The maximum Gasteiger partial charge on any atom is 0.270 e. The summed E-state index contributed by atoms with van der Waals surface area (Å²) in [6.07, 6.45) is 0.248. The van der Waals surface area contributed by atoms with Crippen LogP contribution in [0.4, 0.5) is 5.69 Å². The van der Waals surface area contributed by atoms with Gasteiger partial charge in [-0.05, 0) is 33.8 Å². The Hall–Kier alpha value is -2.61. The molecule has 1 aromatic rings. The highest BCUT2D eigenvalue weighted by Crippen LogP contribution is 2.45. The number of carbonyl (C=O) groups is 1. The van der Waals surface area contributed by atoms with Crippen LogP contribution in [0.25, 0.3) is 0 Å². The van der Waals surface area contributed by atoms with Crippen LogP contribution in [0, 0.1) is 10.1 Å². The molecule has 2 heterocycles. The Morgan fingerprint density at radius 1 is 1.42 bits per heavy atom. The zero-order chi connectivity index (χ0) is 19.2. The molecule has 8 heteroatoms. The standard InChI is InChI=1S/C18H22N2O6/c1-10(2)25-12-8-15(21)19(9-12)16-13-7-11(20(23)24)5-6-14(13)26-18(3,4)17(16)22/h5-8,10,16-17,22H,9H2,1-4H3/t16-,17+/m0/s1. The van der Waals surface area contributed by atoms with Crippen LogP contribution >= 0.6 is 0 Å². The van der Waals surface area contributed by atoms with Crippen molar-refractivity contribution in [3.63, 3.8) is 0 Å². The van der Waals surface area contributed by atoms with Crippen LogP contribution in [0.3, 0.4) is 0 Å². The minimum absolute atomic E-state index is 0.0848. The normalized spacial score (nSPS) is 24.2. The number of carbonyl (C=O) groups excluding carboxylic acids is 1. The number of fused-ring (bicyclic) bond motifs is 1. The number of amides is 1. The summed E-state index contributed by atoms with van der Waals surface area (Å²) in [6, 6.07) is 3.44. The second-order valence-electron chi connectivity index (χ2n) is 7.32. The molecule has 1 aromatic carbocycles. The molecular weight excluding hydrogens is 340 g/mol. The Morgan fingerprint density at radius 2 is 2.12 bits per heavy atom. The minimum Gasteiger partial charge on any atom is -0.493 e. The number of aliphatic hydroxyl groups is 1. The summed E-state index contributed by atoms with van der Waals surface area (Å²) in [5.41, 5.74) is -0.670. The highest BCUT2D eigenvalue weighted by molar-refractivity contribution is 5.91. The highest BCUT2D eigenvalue weighted by Gasteiger charge is 2.48. The van der Waals surface area contributed by atoms with E-state index in [-0.39, 0.29) is 24.2 Å². The Bertz CT molecular complexity index is 786. The van der Waals surface area contributed by atoms with Crippen molar-refractivity contribution in [1.29, 1.82) is 0 Å². The molecule has 0 radical (unpaired) electrons. The van der Waals surface area contributed by atoms with E-state index >= 15 is 0 Å². The van der Waals surface area contributed by atoms with Gasteiger partial charge in [0.15, 0.2) is 0 Å². The topological polar surface area (TPSA) is 102 Å². The van der Waals surface area contributed by atoms with E-state index in [0.717, 1.165) is 0 Å². The molecule has 8 nitrogen and oxygen atoms in total. The molecule has 0 saturated heterocycles. The van der Waals surface area contributed by atoms with Gasteiger partial charge in [0.05, 0.1) is 23.6 Å². The fourth-order valence-corrected chi connectivity index (χ4v) is 3.33. The van der Waals surface area contributed by atoms with Gasteiger partial charge in [0, 0.05) is 23.8 Å². The molecule has 0 fully saturated rings. The molecule has 140 valence electrons. The Labute approximate surface area is 151 Å². The van der Waals surface area contributed by atoms with E-state index < -0.39 is 22.7 Å². The SMILES string of the molecule is CC(C)OC1=CC(=O)N([C@H]2c3cc([N+](=O)[O-])ccc3OC(C)(C)[C@@H]2O)C1. The van der Waals surface area contributed by atoms with Crippen LogP contribution in [-0.2, 0) is 9.53 Å². The molecular formula is C18H22N2O6. The van der Waals surface area contributed by atoms with Crippen LogP contribution in [0.2, 0.25) is 0 Å². The summed E-state index contributed by atoms with van der Waals surface area (Å²) in [7, 11) is 0. The number of non-ortho nitro benzene ring substituents is 1. The first-order chi connectivity index (χ1) is 12.1. The van der Waals surface area contributed by atoms with Crippen molar-refractivity contribution in [2.24, 2.45) is 0 Å². The van der Waals surface area contributed by atoms with Gasteiger partial charge in [-0.15, -0.1) is 0 Å². The average molecular weight is 362 g/mol. The van der Waals surface area contributed by atoms with Crippen molar-refractivity contribution in [3.8, 4) is 5.75 Å². The maximum absolute atomic E-state index is 12.5. The Balaban J connectivity index is 2.02. The zero-order valence-electron chi connectivity index (χ0n) is 15.1. The average Bonchev–Trinajstić information content (AvgIpc) is 2.87. The van der Waals surface area contributed by atoms with Crippen molar-refractivity contribution < 1.29 is 24.3 Å². The van der Waals surface area contributed by atoms with Crippen LogP contribution in [0.15, 0.2) is 30.0 Å². The third-order valence-corrected chi connectivity index (χ3v) is 4.52. The number of nitrogens with zero attached hydrogens (tertiary/aromatic N) is 2. The monoisotopic (exact) mass is 362 g/mol. The summed E-state index contributed by atoms with van der Waals surface area (Å²) < 4.78 is 11.4. The second-order valence-corrected chi connectivity index (χ2v) is 7.32. The van der Waals surface area contributed by atoms with Gasteiger partial charge in [-0.25, -0.2) is 0 Å². The lowest BCUT2D eigenvalue weighted by molar-refractivity contribution is -0.385. The summed E-state index contributed by atoms with van der Waals surface area (Å²) >= 11 is 0. The lowest BCUT2D eigenvalue weighted by Crippen LogP contribution is -2.54. The predicted molar refractivity (Wildman–Crippen MR) is 92.6 cm³/mol. The predicted octanol–water partition coefficient (Wildman–Crippen LogP) is 2.32. The van der Waals surface area contributed by atoms with Gasteiger partial charge in [0.25, 0.3) is 11.6 Å². The number of hydrogen-bond acceptors (Lipinski definition) is 6. The molecule has 0 bridgehead atoms.